The average molecular weight is 185 g/mol. The van der Waals surface area contributed by atoms with E-state index in [4.69, 9.17) is 5.73 Å². The Balaban J connectivity index is 0.00000169. The monoisotopic (exact) mass is 185 g/mol. The van der Waals surface area contributed by atoms with Gasteiger partial charge in [-0.3, -0.25) is 0 Å². The van der Waals surface area contributed by atoms with Crippen molar-refractivity contribution in [2.75, 3.05) is 7.11 Å². The van der Waals surface area contributed by atoms with E-state index in [1.54, 1.807) is 0 Å². The van der Waals surface area contributed by atoms with Crippen molar-refractivity contribution < 1.29 is 28.7 Å². The normalized spacial score (nSPS) is 12.9. The number of benzene rings is 1. The van der Waals surface area contributed by atoms with Crippen molar-refractivity contribution in [2.45, 2.75) is 6.04 Å². The number of hydrogen-bond donors (Lipinski definition) is 1. The van der Waals surface area contributed by atoms with E-state index >= 15 is 0 Å². The van der Waals surface area contributed by atoms with Crippen LogP contribution in [0.3, 0.4) is 0 Å². The van der Waals surface area contributed by atoms with Gasteiger partial charge in [-0.1, -0.05) is 30.3 Å². The minimum absolute atomic E-state index is 0. The summed E-state index contributed by atoms with van der Waals surface area (Å²) in [6.45, 7) is 0. The summed E-state index contributed by atoms with van der Waals surface area (Å²) in [6.07, 6.45) is 1.34. The van der Waals surface area contributed by atoms with E-state index in [9.17, 15) is 5.11 Å². The van der Waals surface area contributed by atoms with Crippen LogP contribution in [-0.4, -0.2) is 7.11 Å². The summed E-state index contributed by atoms with van der Waals surface area (Å²) < 4.78 is 4.47. The van der Waals surface area contributed by atoms with Gasteiger partial charge in [0.05, 0.1) is 6.04 Å². The van der Waals surface area contributed by atoms with Gasteiger partial charge in [0.1, 0.15) is 0 Å². The molecular weight excluding hydrogens is 173 g/mol. The Morgan fingerprint density at radius 3 is 2.50 bits per heavy atom. The fourth-order valence-electron chi connectivity index (χ4n) is 0.986. The number of hydrogen-bond acceptors (Lipinski definition) is 3. The average Bonchev–Trinajstić information content (AvgIpc) is 2.19. The summed E-state index contributed by atoms with van der Waals surface area (Å²) >= 11 is 0. The van der Waals surface area contributed by atoms with Crippen LogP contribution in [0, 0.1) is 0 Å². The van der Waals surface area contributed by atoms with Crippen LogP contribution in [0.1, 0.15) is 11.6 Å². The van der Waals surface area contributed by atoms with Gasteiger partial charge in [-0.05, 0) is 18.7 Å². The zero-order chi connectivity index (χ0) is 9.68. The summed E-state index contributed by atoms with van der Waals surface area (Å²) in [5.74, 6) is -0.406. The second kappa shape index (κ2) is 6.55. The van der Waals surface area contributed by atoms with E-state index in [0.29, 0.717) is 0 Å². The Morgan fingerprint density at radius 2 is 2.00 bits per heavy atom. The molecule has 0 spiro atoms. The standard InChI is InChI=1S/C10H13NO2.Li/c1-13-10(12)7-9(11)8-5-3-2-4-6-8;/h2-7,9,12H,11H2,1H3;/q;+1/p-1/b10-7+;. The Morgan fingerprint density at radius 1 is 1.43 bits per heavy atom. The maximum Gasteiger partial charge on any atom is 1.00 e. The molecule has 0 radical (unpaired) electrons. The first-order valence-electron chi connectivity index (χ1n) is 3.97. The van der Waals surface area contributed by atoms with Crippen molar-refractivity contribution in [1.82, 2.24) is 0 Å². The Labute approximate surface area is 95.7 Å². The molecule has 1 atom stereocenters. The third-order valence-electron chi connectivity index (χ3n) is 1.70. The molecule has 0 saturated heterocycles. The van der Waals surface area contributed by atoms with E-state index in [0.717, 1.165) is 5.56 Å². The van der Waals surface area contributed by atoms with Gasteiger partial charge in [0.2, 0.25) is 0 Å². The van der Waals surface area contributed by atoms with Crippen LogP contribution in [0.25, 0.3) is 0 Å². The fourth-order valence-corrected chi connectivity index (χ4v) is 0.986. The van der Waals surface area contributed by atoms with Crippen molar-refractivity contribution in [1.29, 1.82) is 0 Å². The van der Waals surface area contributed by atoms with Gasteiger partial charge in [-0.2, -0.15) is 0 Å². The van der Waals surface area contributed by atoms with Crippen molar-refractivity contribution in [3.05, 3.63) is 47.9 Å². The van der Waals surface area contributed by atoms with Gasteiger partial charge in [-0.25, -0.2) is 0 Å². The van der Waals surface area contributed by atoms with E-state index < -0.39 is 12.0 Å². The smallest absolute Gasteiger partial charge is 0.617 e. The molecule has 0 aromatic heterocycles. The molecule has 1 rings (SSSR count). The first kappa shape index (κ1) is 13.1. The third kappa shape index (κ3) is 3.88. The van der Waals surface area contributed by atoms with E-state index in [2.05, 4.69) is 4.74 Å². The van der Waals surface area contributed by atoms with Crippen LogP contribution in [-0.2, 0) is 4.74 Å². The van der Waals surface area contributed by atoms with Crippen LogP contribution >= 0.6 is 0 Å². The molecular formula is C10H12LiNO2. The van der Waals surface area contributed by atoms with Crippen molar-refractivity contribution >= 4 is 0 Å². The predicted molar refractivity (Wildman–Crippen MR) is 48.5 cm³/mol. The molecule has 1 aromatic rings. The van der Waals surface area contributed by atoms with Crippen LogP contribution in [0.5, 0.6) is 0 Å². The predicted octanol–water partition coefficient (Wildman–Crippen LogP) is -2.46. The molecule has 4 heteroatoms. The number of methoxy groups -OCH3 is 1. The Bertz CT molecular complexity index is 287. The summed E-state index contributed by atoms with van der Waals surface area (Å²) in [5.41, 5.74) is 6.61. The molecule has 14 heavy (non-hydrogen) atoms. The maximum absolute atomic E-state index is 10.8. The number of rotatable bonds is 3. The van der Waals surface area contributed by atoms with Crippen LogP contribution in [0.4, 0.5) is 0 Å². The molecule has 0 heterocycles. The molecule has 0 aliphatic rings. The zero-order valence-corrected chi connectivity index (χ0v) is 8.44. The summed E-state index contributed by atoms with van der Waals surface area (Å²) in [6, 6.07) is 8.98. The van der Waals surface area contributed by atoms with Crippen LogP contribution < -0.4 is 29.7 Å². The molecule has 0 bridgehead atoms. The maximum atomic E-state index is 10.8. The van der Waals surface area contributed by atoms with Crippen LogP contribution in [0.2, 0.25) is 0 Å². The quantitative estimate of drug-likeness (QED) is 0.419. The van der Waals surface area contributed by atoms with Crippen molar-refractivity contribution in [2.24, 2.45) is 5.73 Å². The summed E-state index contributed by atoms with van der Waals surface area (Å²) in [5, 5.41) is 10.8. The van der Waals surface area contributed by atoms with Gasteiger partial charge in [0, 0.05) is 5.95 Å². The van der Waals surface area contributed by atoms with Gasteiger partial charge in [0.25, 0.3) is 0 Å². The molecule has 0 saturated carbocycles. The largest absolute Gasteiger partial charge is 1.00 e. The fraction of sp³-hybridized carbons (Fsp3) is 0.200. The molecule has 3 nitrogen and oxygen atoms in total. The minimum Gasteiger partial charge on any atom is -0.617 e. The molecule has 1 unspecified atom stereocenters. The first-order chi connectivity index (χ1) is 6.24. The minimum atomic E-state index is -0.406. The third-order valence-corrected chi connectivity index (χ3v) is 1.70. The van der Waals surface area contributed by atoms with Crippen LogP contribution in [0.15, 0.2) is 42.4 Å². The molecule has 2 N–H and O–H groups in total. The summed E-state index contributed by atoms with van der Waals surface area (Å²) in [7, 11) is 1.33. The SMILES string of the molecule is CO/C([O-])=C/C(N)c1ccccc1.[Li+]. The van der Waals surface area contributed by atoms with E-state index in [-0.39, 0.29) is 18.9 Å². The summed E-state index contributed by atoms with van der Waals surface area (Å²) in [4.78, 5) is 0. The van der Waals surface area contributed by atoms with Gasteiger partial charge in [-0.15, -0.1) is 0 Å². The first-order valence-corrected chi connectivity index (χ1v) is 3.97. The van der Waals surface area contributed by atoms with Gasteiger partial charge < -0.3 is 15.6 Å². The van der Waals surface area contributed by atoms with Crippen molar-refractivity contribution in [3.8, 4) is 0 Å². The molecule has 0 fully saturated rings. The second-order valence-electron chi connectivity index (χ2n) is 2.63. The molecule has 0 aliphatic carbocycles. The zero-order valence-electron chi connectivity index (χ0n) is 8.44. The van der Waals surface area contributed by atoms with E-state index in [1.165, 1.54) is 13.2 Å². The second-order valence-corrected chi connectivity index (χ2v) is 2.63. The van der Waals surface area contributed by atoms with E-state index in [1.807, 2.05) is 30.3 Å². The van der Waals surface area contributed by atoms with Crippen molar-refractivity contribution in [3.63, 3.8) is 0 Å². The Hall–Kier alpha value is -0.883. The topological polar surface area (TPSA) is 58.3 Å². The number of ether oxygens (including phenoxy) is 1. The molecule has 70 valence electrons. The Kier molecular flexibility index (Phi) is 6.14. The molecule has 0 amide bonds. The number of nitrogens with two attached hydrogens (primary N) is 1. The van der Waals surface area contributed by atoms with Gasteiger partial charge >= 0.3 is 18.9 Å². The molecule has 1 aromatic carbocycles. The molecule has 0 aliphatic heterocycles. The van der Waals surface area contributed by atoms with Gasteiger partial charge in [0.15, 0.2) is 0 Å².